The molecule has 0 fully saturated rings. The topological polar surface area (TPSA) is 59.8 Å². The Kier molecular flexibility index (Phi) is 2.26. The molecule has 5 heteroatoms. The zero-order valence-corrected chi connectivity index (χ0v) is 10.1. The average molecular weight is 240 g/mol. The number of aryl methyl sites for hydroxylation is 1. The molecule has 90 valence electrons. The maximum absolute atomic E-state index is 11.7. The van der Waals surface area contributed by atoms with Crippen LogP contribution in [0.3, 0.4) is 0 Å². The summed E-state index contributed by atoms with van der Waals surface area (Å²) in [7, 11) is 3.50. The predicted molar refractivity (Wildman–Crippen MR) is 69.4 cm³/mol. The largest absolute Gasteiger partial charge is 0.355 e. The summed E-state index contributed by atoms with van der Waals surface area (Å²) in [6, 6.07) is 5.48. The van der Waals surface area contributed by atoms with Gasteiger partial charge in [-0.25, -0.2) is 0 Å². The number of hydrogen-bond acceptors (Lipinski definition) is 3. The lowest BCUT2D eigenvalue weighted by Gasteiger charge is -2.04. The molecular formula is C13H12N4O. The lowest BCUT2D eigenvalue weighted by atomic mass is 10.1. The highest BCUT2D eigenvalue weighted by molar-refractivity contribution is 6.06. The lowest BCUT2D eigenvalue weighted by molar-refractivity contribution is 0.0963. The summed E-state index contributed by atoms with van der Waals surface area (Å²) in [5.74, 6) is -0.101. The number of nitrogens with zero attached hydrogens (tertiary/aromatic N) is 3. The standard InChI is InChI=1S/C13H12N4O/c1-14-13(18)8-3-4-11-10(5-8)12-9(6-15-11)7-16-17(12)2/h3-7H,1-2H3,(H,14,18). The van der Waals surface area contributed by atoms with Crippen LogP contribution < -0.4 is 5.32 Å². The fourth-order valence-corrected chi connectivity index (χ4v) is 2.14. The minimum absolute atomic E-state index is 0.101. The molecule has 5 nitrogen and oxygen atoms in total. The number of aromatic nitrogens is 3. The van der Waals surface area contributed by atoms with Gasteiger partial charge in [0.2, 0.25) is 0 Å². The highest BCUT2D eigenvalue weighted by atomic mass is 16.1. The van der Waals surface area contributed by atoms with E-state index >= 15 is 0 Å². The molecule has 0 saturated carbocycles. The summed E-state index contributed by atoms with van der Waals surface area (Å²) in [6.07, 6.45) is 3.57. The fraction of sp³-hybridized carbons (Fsp3) is 0.154. The Labute approximate surface area is 103 Å². The molecular weight excluding hydrogens is 228 g/mol. The molecule has 3 rings (SSSR count). The van der Waals surface area contributed by atoms with Gasteiger partial charge in [-0.15, -0.1) is 0 Å². The number of fused-ring (bicyclic) bond motifs is 3. The van der Waals surface area contributed by atoms with E-state index in [0.717, 1.165) is 21.8 Å². The Balaban J connectivity index is 2.39. The molecule has 0 spiro atoms. The van der Waals surface area contributed by atoms with Crippen molar-refractivity contribution in [1.29, 1.82) is 0 Å². The van der Waals surface area contributed by atoms with Gasteiger partial charge in [0.05, 0.1) is 17.2 Å². The number of pyridine rings is 1. The molecule has 0 saturated heterocycles. The molecule has 0 radical (unpaired) electrons. The van der Waals surface area contributed by atoms with E-state index in [1.807, 2.05) is 19.2 Å². The van der Waals surface area contributed by atoms with Gasteiger partial charge < -0.3 is 5.32 Å². The van der Waals surface area contributed by atoms with Crippen molar-refractivity contribution in [3.63, 3.8) is 0 Å². The summed E-state index contributed by atoms with van der Waals surface area (Å²) in [4.78, 5) is 16.0. The summed E-state index contributed by atoms with van der Waals surface area (Å²) >= 11 is 0. The number of hydrogen-bond donors (Lipinski definition) is 1. The molecule has 3 aromatic rings. The van der Waals surface area contributed by atoms with E-state index in [-0.39, 0.29) is 5.91 Å². The van der Waals surface area contributed by atoms with Crippen LogP contribution in [0.2, 0.25) is 0 Å². The van der Waals surface area contributed by atoms with Gasteiger partial charge in [-0.2, -0.15) is 5.10 Å². The molecule has 18 heavy (non-hydrogen) atoms. The van der Waals surface area contributed by atoms with Crippen molar-refractivity contribution in [2.45, 2.75) is 0 Å². The Hall–Kier alpha value is -2.43. The molecule has 0 aliphatic rings. The number of amides is 1. The molecule has 2 aromatic heterocycles. The van der Waals surface area contributed by atoms with Gasteiger partial charge in [0, 0.05) is 36.6 Å². The second-order valence-corrected chi connectivity index (χ2v) is 4.14. The number of rotatable bonds is 1. The summed E-state index contributed by atoms with van der Waals surface area (Å²) in [5.41, 5.74) is 2.48. The molecule has 0 aliphatic heterocycles. The highest BCUT2D eigenvalue weighted by Crippen LogP contribution is 2.23. The Morgan fingerprint density at radius 2 is 2.17 bits per heavy atom. The minimum atomic E-state index is -0.101. The lowest BCUT2D eigenvalue weighted by Crippen LogP contribution is -2.17. The van der Waals surface area contributed by atoms with E-state index in [1.54, 1.807) is 30.2 Å². The second kappa shape index (κ2) is 3.80. The summed E-state index contributed by atoms with van der Waals surface area (Å²) in [6.45, 7) is 0. The number of nitrogens with one attached hydrogen (secondary N) is 1. The monoisotopic (exact) mass is 240 g/mol. The normalized spacial score (nSPS) is 11.0. The number of carbonyl (C=O) groups excluding carboxylic acids is 1. The Morgan fingerprint density at radius 1 is 1.33 bits per heavy atom. The van der Waals surface area contributed by atoms with E-state index in [2.05, 4.69) is 15.4 Å². The van der Waals surface area contributed by atoms with E-state index in [9.17, 15) is 4.79 Å². The third kappa shape index (κ3) is 1.44. The van der Waals surface area contributed by atoms with Crippen LogP contribution in [0.4, 0.5) is 0 Å². The molecule has 2 heterocycles. The fourth-order valence-electron chi connectivity index (χ4n) is 2.14. The van der Waals surface area contributed by atoms with Crippen molar-refractivity contribution < 1.29 is 4.79 Å². The van der Waals surface area contributed by atoms with Crippen LogP contribution in [0, 0.1) is 0 Å². The third-order valence-corrected chi connectivity index (χ3v) is 3.05. The van der Waals surface area contributed by atoms with E-state index in [4.69, 9.17) is 0 Å². The Morgan fingerprint density at radius 3 is 2.94 bits per heavy atom. The van der Waals surface area contributed by atoms with Crippen LogP contribution in [0.15, 0.2) is 30.6 Å². The van der Waals surface area contributed by atoms with Gasteiger partial charge in [0.1, 0.15) is 0 Å². The zero-order chi connectivity index (χ0) is 12.7. The van der Waals surface area contributed by atoms with Crippen molar-refractivity contribution in [1.82, 2.24) is 20.1 Å². The predicted octanol–water partition coefficient (Wildman–Crippen LogP) is 1.48. The van der Waals surface area contributed by atoms with Crippen LogP contribution in [0.5, 0.6) is 0 Å². The van der Waals surface area contributed by atoms with Crippen molar-refractivity contribution in [3.8, 4) is 0 Å². The second-order valence-electron chi connectivity index (χ2n) is 4.14. The first-order valence-corrected chi connectivity index (χ1v) is 5.63. The van der Waals surface area contributed by atoms with Gasteiger partial charge in [-0.1, -0.05) is 0 Å². The van der Waals surface area contributed by atoms with Crippen LogP contribution >= 0.6 is 0 Å². The van der Waals surface area contributed by atoms with Gasteiger partial charge in [0.15, 0.2) is 0 Å². The molecule has 1 aromatic carbocycles. The SMILES string of the molecule is CNC(=O)c1ccc2ncc3cnn(C)c3c2c1. The van der Waals surface area contributed by atoms with Crippen molar-refractivity contribution in [2.75, 3.05) is 7.05 Å². The van der Waals surface area contributed by atoms with E-state index in [1.165, 1.54) is 0 Å². The van der Waals surface area contributed by atoms with Gasteiger partial charge in [0.25, 0.3) is 5.91 Å². The van der Waals surface area contributed by atoms with Crippen LogP contribution in [-0.4, -0.2) is 27.7 Å². The molecule has 0 atom stereocenters. The molecule has 0 bridgehead atoms. The van der Waals surface area contributed by atoms with Gasteiger partial charge in [-0.05, 0) is 18.2 Å². The van der Waals surface area contributed by atoms with Gasteiger partial charge in [-0.3, -0.25) is 14.5 Å². The zero-order valence-electron chi connectivity index (χ0n) is 10.1. The third-order valence-electron chi connectivity index (χ3n) is 3.05. The van der Waals surface area contributed by atoms with Crippen LogP contribution in [0.25, 0.3) is 21.8 Å². The smallest absolute Gasteiger partial charge is 0.251 e. The molecule has 1 amide bonds. The average Bonchev–Trinajstić information content (AvgIpc) is 2.79. The van der Waals surface area contributed by atoms with E-state index in [0.29, 0.717) is 5.56 Å². The quantitative estimate of drug-likeness (QED) is 0.701. The number of benzene rings is 1. The highest BCUT2D eigenvalue weighted by Gasteiger charge is 2.09. The first kappa shape index (κ1) is 10.7. The van der Waals surface area contributed by atoms with Gasteiger partial charge >= 0.3 is 0 Å². The van der Waals surface area contributed by atoms with Crippen molar-refractivity contribution in [3.05, 3.63) is 36.2 Å². The van der Waals surface area contributed by atoms with Crippen LogP contribution in [0.1, 0.15) is 10.4 Å². The Bertz CT molecular complexity index is 760. The molecule has 1 N–H and O–H groups in total. The summed E-state index contributed by atoms with van der Waals surface area (Å²) < 4.78 is 1.80. The maximum Gasteiger partial charge on any atom is 0.251 e. The first-order valence-electron chi connectivity index (χ1n) is 5.63. The van der Waals surface area contributed by atoms with E-state index < -0.39 is 0 Å². The van der Waals surface area contributed by atoms with Crippen molar-refractivity contribution >= 4 is 27.7 Å². The minimum Gasteiger partial charge on any atom is -0.355 e. The van der Waals surface area contributed by atoms with Crippen molar-refractivity contribution in [2.24, 2.45) is 7.05 Å². The number of carbonyl (C=O) groups is 1. The van der Waals surface area contributed by atoms with Crippen LogP contribution in [-0.2, 0) is 7.05 Å². The summed E-state index contributed by atoms with van der Waals surface area (Å²) in [5, 5.41) is 8.75. The maximum atomic E-state index is 11.7. The molecule has 0 aliphatic carbocycles. The molecule has 0 unspecified atom stereocenters. The first-order chi connectivity index (χ1) is 8.70.